The van der Waals surface area contributed by atoms with Gasteiger partial charge in [-0.3, -0.25) is 15.0 Å². The second-order valence-electron chi connectivity index (χ2n) is 12.2. The van der Waals surface area contributed by atoms with E-state index in [1.54, 1.807) is 6.07 Å². The Morgan fingerprint density at radius 3 is 2.67 bits per heavy atom. The van der Waals surface area contributed by atoms with E-state index >= 15 is 0 Å². The molecule has 2 aliphatic heterocycles. The van der Waals surface area contributed by atoms with Gasteiger partial charge in [0.05, 0.1) is 35.7 Å². The lowest BCUT2D eigenvalue weighted by atomic mass is 9.94. The maximum absolute atomic E-state index is 14.8. The number of rotatable bonds is 13. The highest BCUT2D eigenvalue weighted by Gasteiger charge is 2.27. The fourth-order valence-corrected chi connectivity index (χ4v) is 8.20. The lowest BCUT2D eigenvalue weighted by molar-refractivity contribution is 0.0398. The number of benzene rings is 3. The highest BCUT2D eigenvalue weighted by atomic mass is 32.1. The number of morpholine rings is 1. The van der Waals surface area contributed by atoms with Crippen molar-refractivity contribution in [2.75, 3.05) is 68.1 Å². The smallest absolute Gasteiger partial charge is 0.355 e. The summed E-state index contributed by atoms with van der Waals surface area (Å²) in [6.45, 7) is 5.15. The molecule has 2 aliphatic rings. The molecule has 1 saturated heterocycles. The van der Waals surface area contributed by atoms with Gasteiger partial charge in [0.2, 0.25) is 0 Å². The van der Waals surface area contributed by atoms with Crippen molar-refractivity contribution < 1.29 is 33.0 Å². The van der Waals surface area contributed by atoms with Crippen LogP contribution in [0, 0.1) is 11.6 Å². The first-order valence-electron chi connectivity index (χ1n) is 16.7. The Balaban J connectivity index is 0.963. The SMILES string of the molecule is O=C(Nc1nc2ccccc2s1)c1cccc2c1CN(c1nc(C(=O)O)c(CCCOc3cc(F)c(NCCN4CCOCC4)cc3F)s1)CC2. The molecule has 266 valence electrons. The van der Waals surface area contributed by atoms with E-state index in [4.69, 9.17) is 9.47 Å². The van der Waals surface area contributed by atoms with Gasteiger partial charge in [-0.2, -0.15) is 0 Å². The Morgan fingerprint density at radius 2 is 1.84 bits per heavy atom. The summed E-state index contributed by atoms with van der Waals surface area (Å²) in [5, 5.41) is 16.9. The lowest BCUT2D eigenvalue weighted by Crippen LogP contribution is -2.39. The van der Waals surface area contributed by atoms with Crippen molar-refractivity contribution in [3.8, 4) is 5.75 Å². The third-order valence-electron chi connectivity index (χ3n) is 8.87. The number of carboxylic acid groups (broad SMARTS) is 1. The van der Waals surface area contributed by atoms with Gasteiger partial charge in [0.25, 0.3) is 5.91 Å². The molecule has 0 spiro atoms. The van der Waals surface area contributed by atoms with E-state index in [1.807, 2.05) is 41.3 Å². The number of carbonyl (C=O) groups excluding carboxylic acids is 1. The van der Waals surface area contributed by atoms with Crippen molar-refractivity contribution in [3.05, 3.63) is 93.5 Å². The minimum Gasteiger partial charge on any atom is -0.490 e. The number of halogens is 2. The molecule has 0 radical (unpaired) electrons. The number of ether oxygens (including phenoxy) is 2. The van der Waals surface area contributed by atoms with E-state index < -0.39 is 17.6 Å². The van der Waals surface area contributed by atoms with Crippen LogP contribution in [0.4, 0.5) is 24.7 Å². The van der Waals surface area contributed by atoms with Crippen LogP contribution in [0.2, 0.25) is 0 Å². The van der Waals surface area contributed by atoms with Crippen LogP contribution in [-0.4, -0.2) is 84.4 Å². The van der Waals surface area contributed by atoms with Gasteiger partial charge in [0.1, 0.15) is 5.82 Å². The summed E-state index contributed by atoms with van der Waals surface area (Å²) in [6.07, 6.45) is 1.35. The molecule has 0 bridgehead atoms. The standard InChI is InChI=1S/C36H36F2N6O5S2/c37-25-20-29(26(38)19-28(25)39-11-13-43-14-17-48-18-15-43)49-16-4-9-31-32(34(46)47)41-36(51-31)44-12-10-22-5-3-6-23(24(22)21-44)33(45)42-35-40-27-7-1-2-8-30(27)50-35/h1-3,5-8,19-20,39H,4,9-18,21H2,(H,46,47)(H,40,42,45). The number of thiazole rings is 2. The summed E-state index contributed by atoms with van der Waals surface area (Å²) in [5.74, 6) is -2.91. The van der Waals surface area contributed by atoms with Crippen LogP contribution in [0.1, 0.15) is 43.3 Å². The number of aromatic nitrogens is 2. The van der Waals surface area contributed by atoms with E-state index in [1.165, 1.54) is 22.7 Å². The maximum Gasteiger partial charge on any atom is 0.355 e. The third-order valence-corrected chi connectivity index (χ3v) is 11.0. The quantitative estimate of drug-likeness (QED) is 0.119. The molecule has 3 N–H and O–H groups in total. The summed E-state index contributed by atoms with van der Waals surface area (Å²) < 4.78 is 41.4. The summed E-state index contributed by atoms with van der Waals surface area (Å²) in [4.78, 5) is 39.3. The molecule has 15 heteroatoms. The summed E-state index contributed by atoms with van der Waals surface area (Å²) in [7, 11) is 0. The minimum atomic E-state index is -1.15. The number of anilines is 3. The molecule has 4 heterocycles. The van der Waals surface area contributed by atoms with Crippen LogP contribution in [0.5, 0.6) is 5.75 Å². The summed E-state index contributed by atoms with van der Waals surface area (Å²) in [6, 6.07) is 15.5. The van der Waals surface area contributed by atoms with Crippen molar-refractivity contribution in [1.82, 2.24) is 14.9 Å². The molecule has 11 nitrogen and oxygen atoms in total. The van der Waals surface area contributed by atoms with Crippen LogP contribution in [0.15, 0.2) is 54.6 Å². The average molecular weight is 735 g/mol. The van der Waals surface area contributed by atoms with Crippen LogP contribution in [0.25, 0.3) is 10.2 Å². The molecule has 5 aromatic rings. The Bertz CT molecular complexity index is 2020. The zero-order chi connectivity index (χ0) is 35.3. The van der Waals surface area contributed by atoms with Gasteiger partial charge in [-0.05, 0) is 48.6 Å². The monoisotopic (exact) mass is 734 g/mol. The second kappa shape index (κ2) is 15.7. The van der Waals surface area contributed by atoms with Crippen molar-refractivity contribution >= 4 is 60.7 Å². The molecule has 0 atom stereocenters. The molecule has 7 rings (SSSR count). The lowest BCUT2D eigenvalue weighted by Gasteiger charge is -2.29. The van der Waals surface area contributed by atoms with Gasteiger partial charge in [-0.25, -0.2) is 23.5 Å². The minimum absolute atomic E-state index is 0.0487. The number of hydrogen-bond acceptors (Lipinski definition) is 11. The van der Waals surface area contributed by atoms with Gasteiger partial charge in [-0.15, -0.1) is 11.3 Å². The number of carboxylic acids is 1. The number of nitrogens with zero attached hydrogens (tertiary/aromatic N) is 4. The fraction of sp³-hybridized carbons (Fsp3) is 0.333. The number of amides is 1. The van der Waals surface area contributed by atoms with E-state index in [0.717, 1.165) is 46.6 Å². The highest BCUT2D eigenvalue weighted by molar-refractivity contribution is 7.22. The molecule has 0 aliphatic carbocycles. The van der Waals surface area contributed by atoms with Gasteiger partial charge >= 0.3 is 5.97 Å². The summed E-state index contributed by atoms with van der Waals surface area (Å²) >= 11 is 2.69. The number of carbonyl (C=O) groups is 2. The third kappa shape index (κ3) is 8.12. The van der Waals surface area contributed by atoms with Crippen molar-refractivity contribution in [3.63, 3.8) is 0 Å². The Labute approximate surface area is 300 Å². The first-order chi connectivity index (χ1) is 24.8. The van der Waals surface area contributed by atoms with Gasteiger partial charge in [-0.1, -0.05) is 35.6 Å². The average Bonchev–Trinajstić information content (AvgIpc) is 3.76. The van der Waals surface area contributed by atoms with E-state index in [-0.39, 0.29) is 29.6 Å². The summed E-state index contributed by atoms with van der Waals surface area (Å²) in [5.41, 5.74) is 3.28. The molecule has 1 fully saturated rings. The number of aromatic carboxylic acids is 1. The number of nitrogens with one attached hydrogen (secondary N) is 2. The number of para-hydroxylation sites is 1. The van der Waals surface area contributed by atoms with E-state index in [0.29, 0.717) is 79.4 Å². The molecular formula is C36H36F2N6O5S2. The first kappa shape index (κ1) is 34.7. The van der Waals surface area contributed by atoms with Crippen molar-refractivity contribution in [1.29, 1.82) is 0 Å². The maximum atomic E-state index is 14.8. The largest absolute Gasteiger partial charge is 0.490 e. The zero-order valence-corrected chi connectivity index (χ0v) is 29.3. The van der Waals surface area contributed by atoms with Crippen molar-refractivity contribution in [2.45, 2.75) is 25.8 Å². The molecule has 3 aromatic carbocycles. The molecule has 51 heavy (non-hydrogen) atoms. The Hall–Kier alpha value is -4.70. The Morgan fingerprint density at radius 1 is 1.00 bits per heavy atom. The Kier molecular flexibility index (Phi) is 10.7. The molecular weight excluding hydrogens is 699 g/mol. The van der Waals surface area contributed by atoms with Crippen LogP contribution >= 0.6 is 22.7 Å². The van der Waals surface area contributed by atoms with Crippen LogP contribution in [0.3, 0.4) is 0 Å². The van der Waals surface area contributed by atoms with Gasteiger partial charge in [0, 0.05) is 61.8 Å². The fourth-order valence-electron chi connectivity index (χ4n) is 6.22. The predicted octanol–water partition coefficient (Wildman–Crippen LogP) is 6.30. The van der Waals surface area contributed by atoms with Crippen LogP contribution < -0.4 is 20.3 Å². The molecule has 2 aromatic heterocycles. The molecule has 0 unspecified atom stereocenters. The predicted molar refractivity (Wildman–Crippen MR) is 194 cm³/mol. The molecule has 1 amide bonds. The van der Waals surface area contributed by atoms with E-state index in [2.05, 4.69) is 25.5 Å². The highest BCUT2D eigenvalue weighted by Crippen LogP contribution is 2.34. The van der Waals surface area contributed by atoms with Gasteiger partial charge in [0.15, 0.2) is 27.5 Å². The zero-order valence-electron chi connectivity index (χ0n) is 27.6. The topological polar surface area (TPSA) is 129 Å². The normalized spacial score (nSPS) is 14.7. The number of aryl methyl sites for hydroxylation is 1. The number of fused-ring (bicyclic) bond motifs is 2. The van der Waals surface area contributed by atoms with Gasteiger partial charge < -0.3 is 24.8 Å². The molecule has 0 saturated carbocycles. The van der Waals surface area contributed by atoms with Crippen LogP contribution in [-0.2, 0) is 24.1 Å². The van der Waals surface area contributed by atoms with E-state index in [9.17, 15) is 23.5 Å². The second-order valence-corrected chi connectivity index (χ2v) is 14.3. The first-order valence-corrected chi connectivity index (χ1v) is 18.4. The van der Waals surface area contributed by atoms with Crippen molar-refractivity contribution in [2.24, 2.45) is 0 Å². The number of hydrogen-bond donors (Lipinski definition) is 3.